The molecule has 1 amide bonds. The normalized spacial score (nSPS) is 15.3. The number of carbonyl (C=O) groups excluding carboxylic acids is 1. The van der Waals surface area contributed by atoms with Crippen LogP contribution in [0.3, 0.4) is 0 Å². The smallest absolute Gasteiger partial charge is 0.227 e. The number of hydrogen-bond acceptors (Lipinski definition) is 5. The molecule has 7 nitrogen and oxygen atoms in total. The van der Waals surface area contributed by atoms with E-state index in [1.54, 1.807) is 9.36 Å². The van der Waals surface area contributed by atoms with Crippen LogP contribution in [0.5, 0.6) is 0 Å². The lowest BCUT2D eigenvalue weighted by molar-refractivity contribution is -0.121. The monoisotopic (exact) mass is 422 g/mol. The Morgan fingerprint density at radius 2 is 1.73 bits per heavy atom. The van der Waals surface area contributed by atoms with Gasteiger partial charge in [-0.2, -0.15) is 4.68 Å². The highest BCUT2D eigenvalue weighted by Crippen LogP contribution is 2.20. The Hall–Kier alpha value is -2.84. The first kappa shape index (κ1) is 20.4. The second-order valence-electron chi connectivity index (χ2n) is 7.91. The molecule has 1 saturated heterocycles. The summed E-state index contributed by atoms with van der Waals surface area (Å²) in [7, 11) is 0. The number of aromatic nitrogens is 4. The number of para-hydroxylation sites is 1. The maximum absolute atomic E-state index is 12.5. The van der Waals surface area contributed by atoms with E-state index in [1.807, 2.05) is 30.3 Å². The molecular weight excluding hydrogens is 396 g/mol. The molecule has 1 N–H and O–H groups in total. The van der Waals surface area contributed by atoms with Gasteiger partial charge in [0.1, 0.15) is 0 Å². The highest BCUT2D eigenvalue weighted by atomic mass is 32.1. The number of likely N-dealkylation sites (tertiary alicyclic amines) is 1. The number of carbonyl (C=O) groups is 1. The van der Waals surface area contributed by atoms with E-state index in [0.29, 0.717) is 11.4 Å². The van der Waals surface area contributed by atoms with E-state index in [2.05, 4.69) is 52.7 Å². The van der Waals surface area contributed by atoms with Crippen molar-refractivity contribution < 1.29 is 4.79 Å². The standard InChI is InChI=1S/C22H26N6OS/c1-16-12-17(2)14-20(13-16)28-22(30)27(24-25-28)15-26-10-8-18(9-11-26)21(29)23-19-6-4-3-5-7-19/h3-7,12-14,18H,8-11,15H2,1-2H3,(H,23,29). The number of hydrogen-bond donors (Lipinski definition) is 1. The molecule has 0 spiro atoms. The van der Waals surface area contributed by atoms with Gasteiger partial charge in [-0.15, -0.1) is 0 Å². The highest BCUT2D eigenvalue weighted by Gasteiger charge is 2.25. The van der Waals surface area contributed by atoms with Crippen LogP contribution in [-0.2, 0) is 11.5 Å². The Kier molecular flexibility index (Phi) is 6.06. The van der Waals surface area contributed by atoms with Crippen molar-refractivity contribution in [3.05, 3.63) is 64.4 Å². The van der Waals surface area contributed by atoms with Crippen molar-refractivity contribution in [2.45, 2.75) is 33.4 Å². The molecule has 0 atom stereocenters. The first-order valence-electron chi connectivity index (χ1n) is 10.2. The summed E-state index contributed by atoms with van der Waals surface area (Å²) in [4.78, 5) is 14.8. The summed E-state index contributed by atoms with van der Waals surface area (Å²) < 4.78 is 4.02. The van der Waals surface area contributed by atoms with E-state index in [4.69, 9.17) is 12.2 Å². The number of nitrogens with zero attached hydrogens (tertiary/aromatic N) is 5. The average Bonchev–Trinajstić information content (AvgIpc) is 3.09. The first-order valence-corrected chi connectivity index (χ1v) is 10.6. The number of nitrogens with one attached hydrogen (secondary N) is 1. The number of amides is 1. The van der Waals surface area contributed by atoms with Crippen LogP contribution in [0.25, 0.3) is 5.69 Å². The number of benzene rings is 2. The topological polar surface area (TPSA) is 68.0 Å². The van der Waals surface area contributed by atoms with Crippen molar-refractivity contribution >= 4 is 23.8 Å². The minimum absolute atomic E-state index is 0.0281. The van der Waals surface area contributed by atoms with E-state index in [0.717, 1.165) is 48.4 Å². The second kappa shape index (κ2) is 8.89. The molecular formula is C22H26N6OS. The zero-order valence-electron chi connectivity index (χ0n) is 17.3. The molecule has 8 heteroatoms. The first-order chi connectivity index (χ1) is 14.5. The maximum Gasteiger partial charge on any atom is 0.227 e. The second-order valence-corrected chi connectivity index (χ2v) is 8.27. The molecule has 0 radical (unpaired) electrons. The van der Waals surface area contributed by atoms with E-state index >= 15 is 0 Å². The van der Waals surface area contributed by atoms with Crippen LogP contribution in [0.15, 0.2) is 48.5 Å². The number of aryl methyl sites for hydroxylation is 2. The number of rotatable bonds is 5. The molecule has 0 unspecified atom stereocenters. The van der Waals surface area contributed by atoms with Crippen molar-refractivity contribution in [3.63, 3.8) is 0 Å². The van der Waals surface area contributed by atoms with Crippen LogP contribution < -0.4 is 5.32 Å². The summed E-state index contributed by atoms with van der Waals surface area (Å²) in [5, 5.41) is 11.5. The lowest BCUT2D eigenvalue weighted by Gasteiger charge is -2.30. The predicted octanol–water partition coefficient (Wildman–Crippen LogP) is 3.72. The lowest BCUT2D eigenvalue weighted by Crippen LogP contribution is -2.39. The molecule has 2 aromatic carbocycles. The van der Waals surface area contributed by atoms with Gasteiger partial charge in [0.05, 0.1) is 12.4 Å². The Morgan fingerprint density at radius 3 is 2.40 bits per heavy atom. The number of anilines is 1. The van der Waals surface area contributed by atoms with Gasteiger partial charge >= 0.3 is 0 Å². The molecule has 1 aliphatic heterocycles. The van der Waals surface area contributed by atoms with Gasteiger partial charge in [0.2, 0.25) is 10.7 Å². The quantitative estimate of drug-likeness (QED) is 0.635. The van der Waals surface area contributed by atoms with Crippen molar-refractivity contribution in [1.82, 2.24) is 24.7 Å². The molecule has 1 fully saturated rings. The molecule has 1 aliphatic rings. The summed E-state index contributed by atoms with van der Waals surface area (Å²) in [5.41, 5.74) is 4.11. The van der Waals surface area contributed by atoms with E-state index in [1.165, 1.54) is 0 Å². The molecule has 2 heterocycles. The molecule has 0 bridgehead atoms. The van der Waals surface area contributed by atoms with Crippen molar-refractivity contribution in [1.29, 1.82) is 0 Å². The van der Waals surface area contributed by atoms with Crippen LogP contribution in [0, 0.1) is 24.5 Å². The van der Waals surface area contributed by atoms with Gasteiger partial charge in [0.15, 0.2) is 0 Å². The van der Waals surface area contributed by atoms with Crippen LogP contribution in [-0.4, -0.2) is 43.7 Å². The fourth-order valence-electron chi connectivity index (χ4n) is 3.89. The summed E-state index contributed by atoms with van der Waals surface area (Å²) in [6.07, 6.45) is 1.63. The Labute approximate surface area is 181 Å². The van der Waals surface area contributed by atoms with Crippen LogP contribution >= 0.6 is 12.2 Å². The van der Waals surface area contributed by atoms with E-state index < -0.39 is 0 Å². The van der Waals surface area contributed by atoms with Crippen LogP contribution in [0.2, 0.25) is 0 Å². The maximum atomic E-state index is 12.5. The summed E-state index contributed by atoms with van der Waals surface area (Å²) >= 11 is 5.61. The van der Waals surface area contributed by atoms with Crippen molar-refractivity contribution in [2.24, 2.45) is 5.92 Å². The Balaban J connectivity index is 1.36. The van der Waals surface area contributed by atoms with Crippen LogP contribution in [0.4, 0.5) is 5.69 Å². The average molecular weight is 423 g/mol. The minimum atomic E-state index is 0.0281. The highest BCUT2D eigenvalue weighted by molar-refractivity contribution is 7.71. The third-order valence-electron chi connectivity index (χ3n) is 5.42. The van der Waals surface area contributed by atoms with Crippen molar-refractivity contribution in [2.75, 3.05) is 18.4 Å². The summed E-state index contributed by atoms with van der Waals surface area (Å²) in [6.45, 7) is 6.35. The molecule has 0 saturated carbocycles. The Morgan fingerprint density at radius 1 is 1.07 bits per heavy atom. The number of tetrazole rings is 1. The largest absolute Gasteiger partial charge is 0.326 e. The molecule has 156 valence electrons. The van der Waals surface area contributed by atoms with E-state index in [9.17, 15) is 4.79 Å². The summed E-state index contributed by atoms with van der Waals surface area (Å²) in [5.74, 6) is 0.124. The molecule has 1 aromatic heterocycles. The van der Waals surface area contributed by atoms with Gasteiger partial charge < -0.3 is 5.32 Å². The van der Waals surface area contributed by atoms with E-state index in [-0.39, 0.29) is 11.8 Å². The SMILES string of the molecule is Cc1cc(C)cc(-n2nnn(CN3CCC(C(=O)Nc4ccccc4)CC3)c2=S)c1. The zero-order chi connectivity index (χ0) is 21.1. The van der Waals surface area contributed by atoms with Crippen LogP contribution in [0.1, 0.15) is 24.0 Å². The molecule has 3 aromatic rings. The van der Waals surface area contributed by atoms with Crippen molar-refractivity contribution in [3.8, 4) is 5.69 Å². The van der Waals surface area contributed by atoms with Gasteiger partial charge in [-0.3, -0.25) is 9.69 Å². The fourth-order valence-corrected chi connectivity index (χ4v) is 4.13. The lowest BCUT2D eigenvalue weighted by atomic mass is 9.96. The third-order valence-corrected chi connectivity index (χ3v) is 5.81. The van der Waals surface area contributed by atoms with Gasteiger partial charge in [0, 0.05) is 24.7 Å². The fraction of sp³-hybridized carbons (Fsp3) is 0.364. The van der Waals surface area contributed by atoms with Gasteiger partial charge in [-0.05, 0) is 84.7 Å². The molecule has 30 heavy (non-hydrogen) atoms. The third kappa shape index (κ3) is 4.66. The van der Waals surface area contributed by atoms with Gasteiger partial charge in [-0.25, -0.2) is 4.68 Å². The Bertz CT molecular complexity index is 1060. The van der Waals surface area contributed by atoms with Gasteiger partial charge in [-0.1, -0.05) is 24.3 Å². The number of piperidine rings is 1. The molecule has 4 rings (SSSR count). The minimum Gasteiger partial charge on any atom is -0.326 e. The summed E-state index contributed by atoms with van der Waals surface area (Å²) in [6, 6.07) is 15.8. The predicted molar refractivity (Wildman–Crippen MR) is 119 cm³/mol. The van der Waals surface area contributed by atoms with Gasteiger partial charge in [0.25, 0.3) is 0 Å². The molecule has 0 aliphatic carbocycles. The zero-order valence-corrected chi connectivity index (χ0v) is 18.1.